The molecule has 2 spiro atoms. The number of rotatable bonds is 4. The van der Waals surface area contributed by atoms with Crippen LogP contribution in [-0.2, 0) is 16.6 Å². The quantitative estimate of drug-likeness (QED) is 0.682. The van der Waals surface area contributed by atoms with E-state index in [0.717, 1.165) is 43.8 Å². The Morgan fingerprint density at radius 3 is 2.71 bits per heavy atom. The van der Waals surface area contributed by atoms with Gasteiger partial charge in [-0.2, -0.15) is 0 Å². The van der Waals surface area contributed by atoms with Crippen LogP contribution in [0.3, 0.4) is 0 Å². The molecule has 1 aromatic rings. The van der Waals surface area contributed by atoms with Crippen LogP contribution in [0.4, 0.5) is 0 Å². The van der Waals surface area contributed by atoms with Crippen molar-refractivity contribution in [1.29, 1.82) is 0 Å². The minimum atomic E-state index is -2.63. The Morgan fingerprint density at radius 2 is 2.00 bits per heavy atom. The smallest absolute Gasteiger partial charge is 0.165 e. The molecule has 4 saturated carbocycles. The van der Waals surface area contributed by atoms with Crippen molar-refractivity contribution in [3.63, 3.8) is 0 Å². The van der Waals surface area contributed by atoms with E-state index in [1.165, 1.54) is 18.4 Å². The van der Waals surface area contributed by atoms with E-state index in [2.05, 4.69) is 11.0 Å². The highest BCUT2D eigenvalue weighted by Crippen LogP contribution is 2.78. The number of piperidine rings is 1. The topological polar surface area (TPSA) is 62.2 Å². The van der Waals surface area contributed by atoms with Gasteiger partial charge in [0.05, 0.1) is 9.71 Å². The highest BCUT2D eigenvalue weighted by Gasteiger charge is 2.82. The second-order valence-electron chi connectivity index (χ2n) is 13.7. The third-order valence-corrected chi connectivity index (χ3v) is 11.7. The van der Waals surface area contributed by atoms with E-state index in [1.54, 1.807) is 6.07 Å². The molecule has 0 aromatic heterocycles. The van der Waals surface area contributed by atoms with Crippen molar-refractivity contribution < 1.29 is 23.8 Å². The van der Waals surface area contributed by atoms with E-state index >= 15 is 0 Å². The summed E-state index contributed by atoms with van der Waals surface area (Å²) in [6.07, 6.45) is 5.90. The van der Waals surface area contributed by atoms with Crippen LogP contribution in [0.5, 0.6) is 11.5 Å². The summed E-state index contributed by atoms with van der Waals surface area (Å²) in [5, 5.41) is 23.3. The molecule has 7 aliphatic rings. The Labute approximate surface area is 208 Å². The fraction of sp³-hybridized carbons (Fsp3) is 0.793. The van der Waals surface area contributed by atoms with Gasteiger partial charge in [0.25, 0.3) is 0 Å². The largest absolute Gasteiger partial charge is 0.504 e. The third kappa shape index (κ3) is 2.25. The molecular formula is C29H41NO4. The fourth-order valence-corrected chi connectivity index (χ4v) is 9.40. The molecule has 5 fully saturated rings. The highest BCUT2D eigenvalue weighted by atomic mass is 16.6. The van der Waals surface area contributed by atoms with Crippen LogP contribution in [0.15, 0.2) is 12.1 Å². The molecule has 8 rings (SSSR count). The Kier molecular flexibility index (Phi) is 3.52. The van der Waals surface area contributed by atoms with Crippen molar-refractivity contribution in [2.45, 2.75) is 101 Å². The molecule has 186 valence electrons. The van der Waals surface area contributed by atoms with E-state index in [4.69, 9.17) is 13.6 Å². The van der Waals surface area contributed by atoms with Crippen molar-refractivity contribution in [2.75, 3.05) is 20.1 Å². The second-order valence-corrected chi connectivity index (χ2v) is 13.7. The van der Waals surface area contributed by atoms with Crippen molar-refractivity contribution >= 4 is 0 Å². The molecule has 7 atom stereocenters. The number of hydrogen-bond acceptors (Lipinski definition) is 5. The molecule has 5 aliphatic carbocycles. The summed E-state index contributed by atoms with van der Waals surface area (Å²) in [7, 11) is -2.63. The normalized spacial score (nSPS) is 45.6. The number of methoxy groups -OCH3 is 1. The molecule has 5 heteroatoms. The lowest BCUT2D eigenvalue weighted by Gasteiger charge is -2.75. The first-order valence-corrected chi connectivity index (χ1v) is 13.3. The molecule has 1 aromatic carbocycles. The van der Waals surface area contributed by atoms with Gasteiger partial charge in [-0.15, -0.1) is 0 Å². The molecule has 4 bridgehead atoms. The van der Waals surface area contributed by atoms with Gasteiger partial charge in [-0.1, -0.05) is 26.8 Å². The van der Waals surface area contributed by atoms with Crippen LogP contribution in [0, 0.1) is 22.7 Å². The number of hydrogen-bond donors (Lipinski definition) is 2. The second kappa shape index (κ2) is 6.33. The van der Waals surface area contributed by atoms with Gasteiger partial charge in [-0.25, -0.2) is 0 Å². The van der Waals surface area contributed by atoms with Crippen LogP contribution >= 0.6 is 0 Å². The standard InChI is InChI=1S/C29H41NO4/c1-25(2,3)26(4,32)20-15-27-10-11-29(20,33-5)24-28(27)12-13-30(16-17-6-7-17)21(27)14-18-8-9-19(31)23(34-24)22(18)28/h8-9,17,20-21,24,31-32H,6-7,10-16H2,1-5H3/t20-,21-,24-,26?,27-,28+,29-/m1/s1/i5D3. The van der Waals surface area contributed by atoms with Crippen LogP contribution in [0.1, 0.15) is 81.5 Å². The van der Waals surface area contributed by atoms with Gasteiger partial charge in [0.2, 0.25) is 0 Å². The Balaban J connectivity index is 1.48. The number of benzene rings is 1. The summed E-state index contributed by atoms with van der Waals surface area (Å²) in [4.78, 5) is 2.72. The van der Waals surface area contributed by atoms with Crippen LogP contribution in [0.2, 0.25) is 0 Å². The number of likely N-dealkylation sites (tertiary alicyclic amines) is 1. The fourth-order valence-electron chi connectivity index (χ4n) is 9.40. The van der Waals surface area contributed by atoms with Crippen molar-refractivity contribution in [2.24, 2.45) is 22.7 Å². The molecule has 2 N–H and O–H groups in total. The van der Waals surface area contributed by atoms with Crippen molar-refractivity contribution in [1.82, 2.24) is 4.90 Å². The molecule has 0 radical (unpaired) electrons. The number of aliphatic hydroxyl groups is 1. The zero-order chi connectivity index (χ0) is 26.4. The molecular weight excluding hydrogens is 426 g/mol. The highest BCUT2D eigenvalue weighted by molar-refractivity contribution is 5.63. The maximum Gasteiger partial charge on any atom is 0.165 e. The minimum Gasteiger partial charge on any atom is -0.504 e. The molecule has 0 amide bonds. The Morgan fingerprint density at radius 1 is 1.21 bits per heavy atom. The Bertz CT molecular complexity index is 1160. The lowest BCUT2D eigenvalue weighted by Crippen LogP contribution is -2.83. The van der Waals surface area contributed by atoms with E-state index < -0.39 is 41.1 Å². The van der Waals surface area contributed by atoms with Gasteiger partial charge in [0.1, 0.15) is 11.7 Å². The van der Waals surface area contributed by atoms with E-state index in [9.17, 15) is 10.2 Å². The third-order valence-electron chi connectivity index (χ3n) is 11.7. The summed E-state index contributed by atoms with van der Waals surface area (Å²) in [5.41, 5.74) is -1.14. The van der Waals surface area contributed by atoms with Crippen LogP contribution < -0.4 is 4.74 Å². The molecule has 5 nitrogen and oxygen atoms in total. The molecule has 2 heterocycles. The lowest BCUT2D eigenvalue weighted by molar-refractivity contribution is -0.312. The van der Waals surface area contributed by atoms with Crippen molar-refractivity contribution in [3.8, 4) is 11.5 Å². The summed E-state index contributed by atoms with van der Waals surface area (Å²) < 4.78 is 37.7. The lowest BCUT2D eigenvalue weighted by atomic mass is 9.33. The Hall–Kier alpha value is -1.30. The van der Waals surface area contributed by atoms with Gasteiger partial charge < -0.3 is 19.7 Å². The molecule has 1 saturated heterocycles. The summed E-state index contributed by atoms with van der Waals surface area (Å²) in [6, 6.07) is 4.10. The molecule has 34 heavy (non-hydrogen) atoms. The van der Waals surface area contributed by atoms with Gasteiger partial charge >= 0.3 is 0 Å². The van der Waals surface area contributed by atoms with Gasteiger partial charge in [0.15, 0.2) is 11.5 Å². The van der Waals surface area contributed by atoms with E-state index in [0.29, 0.717) is 24.6 Å². The number of fused-ring (bicyclic) bond motifs is 2. The molecule has 1 unspecified atom stereocenters. The zero-order valence-corrected chi connectivity index (χ0v) is 21.0. The average Bonchev–Trinajstić information content (AvgIpc) is 3.52. The average molecular weight is 471 g/mol. The number of ether oxygens (including phenoxy) is 2. The number of nitrogens with zero attached hydrogens (tertiary/aromatic N) is 1. The monoisotopic (exact) mass is 470 g/mol. The molecule has 2 aliphatic heterocycles. The maximum atomic E-state index is 12.3. The van der Waals surface area contributed by atoms with Gasteiger partial charge in [0, 0.05) is 41.9 Å². The number of aromatic hydroxyl groups is 1. The minimum absolute atomic E-state index is 0.124. The predicted molar refractivity (Wildman–Crippen MR) is 130 cm³/mol. The SMILES string of the molecule is [2H]C([2H])([2H])O[C@]12CC[C@@]3(C[C@@H]1C(C)(O)C(C)(C)C)[C@H]1Cc4ccc(O)c5c4[C@@]3(CCN1CC1CC1)[C@H]2O5. The summed E-state index contributed by atoms with van der Waals surface area (Å²) in [5.74, 6) is 1.00. The van der Waals surface area contributed by atoms with Crippen LogP contribution in [0.25, 0.3) is 0 Å². The first-order valence-electron chi connectivity index (χ1n) is 14.8. The zero-order valence-electron chi connectivity index (χ0n) is 24.0. The summed E-state index contributed by atoms with van der Waals surface area (Å²) >= 11 is 0. The number of phenolic OH excluding ortho intramolecular Hbond substituents is 1. The van der Waals surface area contributed by atoms with Crippen LogP contribution in [-0.4, -0.2) is 58.6 Å². The van der Waals surface area contributed by atoms with Gasteiger partial charge in [-0.3, -0.25) is 4.90 Å². The first kappa shape index (κ1) is 18.9. The van der Waals surface area contributed by atoms with Gasteiger partial charge in [-0.05, 0) is 81.4 Å². The van der Waals surface area contributed by atoms with E-state index in [-0.39, 0.29) is 11.2 Å². The summed E-state index contributed by atoms with van der Waals surface area (Å²) in [6.45, 7) is 10.0. The predicted octanol–water partition coefficient (Wildman–Crippen LogP) is 4.41. The number of phenols is 1. The van der Waals surface area contributed by atoms with Crippen molar-refractivity contribution in [3.05, 3.63) is 23.3 Å². The maximum absolute atomic E-state index is 12.3. The first-order chi connectivity index (χ1) is 17.2. The van der Waals surface area contributed by atoms with E-state index in [1.807, 2.05) is 27.7 Å².